The van der Waals surface area contributed by atoms with Crippen molar-refractivity contribution in [1.29, 1.82) is 0 Å². The highest BCUT2D eigenvalue weighted by molar-refractivity contribution is 5.48. The maximum Gasteiger partial charge on any atom is 0.126 e. The normalized spacial score (nSPS) is 18.5. The quantitative estimate of drug-likeness (QED) is 0.601. The number of hydrogen-bond donors (Lipinski definition) is 0. The molecule has 0 fully saturated rings. The van der Waals surface area contributed by atoms with E-state index in [9.17, 15) is 0 Å². The Morgan fingerprint density at radius 1 is 0.846 bits per heavy atom. The van der Waals surface area contributed by atoms with Gasteiger partial charge in [0.15, 0.2) is 0 Å². The molecule has 0 spiro atoms. The minimum Gasteiger partial charge on any atom is -0.493 e. The third-order valence-corrected chi connectivity index (χ3v) is 2.72. The van der Waals surface area contributed by atoms with Crippen LogP contribution >= 0.6 is 0 Å². The Hall–Kier alpha value is -1.18. The van der Waals surface area contributed by atoms with Gasteiger partial charge in [0.2, 0.25) is 0 Å². The van der Waals surface area contributed by atoms with Crippen molar-refractivity contribution in [1.82, 2.24) is 0 Å². The Morgan fingerprint density at radius 3 is 2.54 bits per heavy atom. The van der Waals surface area contributed by atoms with Gasteiger partial charge in [-0.15, -0.1) is 0 Å². The molecule has 0 bridgehead atoms. The van der Waals surface area contributed by atoms with Gasteiger partial charge in [0, 0.05) is 12.5 Å². The second-order valence-corrected chi connectivity index (χ2v) is 3.62. The average Bonchev–Trinajstić information content (AvgIpc) is 2.61. The number of fused-ring (bicyclic) bond motifs is 2. The minimum absolute atomic E-state index is 0.832. The first kappa shape index (κ1) is 7.25. The molecule has 0 saturated heterocycles. The van der Waals surface area contributed by atoms with Crippen LogP contribution in [0.1, 0.15) is 17.5 Å². The fraction of sp³-hybridized carbons (Fsp3) is 0.455. The van der Waals surface area contributed by atoms with Crippen molar-refractivity contribution < 1.29 is 9.47 Å². The van der Waals surface area contributed by atoms with Crippen molar-refractivity contribution in [3.8, 4) is 11.5 Å². The summed E-state index contributed by atoms with van der Waals surface area (Å²) in [6.07, 6.45) is 3.36. The van der Waals surface area contributed by atoms with Crippen LogP contribution in [0.3, 0.4) is 0 Å². The standard InChI is InChI=1S/C11H12O2/c1-2-8-6-9-3-5-13-11(9)7-10(8)12-4-1/h6-7H,1-5H2. The van der Waals surface area contributed by atoms with E-state index in [4.69, 9.17) is 9.47 Å². The summed E-state index contributed by atoms with van der Waals surface area (Å²) in [5, 5.41) is 0. The summed E-state index contributed by atoms with van der Waals surface area (Å²) >= 11 is 0. The van der Waals surface area contributed by atoms with Gasteiger partial charge in [0.05, 0.1) is 13.2 Å². The Balaban J connectivity index is 2.11. The predicted molar refractivity (Wildman–Crippen MR) is 49.5 cm³/mol. The number of benzene rings is 1. The summed E-state index contributed by atoms with van der Waals surface area (Å²) in [4.78, 5) is 0. The Bertz CT molecular complexity index is 311. The highest BCUT2D eigenvalue weighted by Gasteiger charge is 2.18. The van der Waals surface area contributed by atoms with Gasteiger partial charge in [0.25, 0.3) is 0 Å². The molecular weight excluding hydrogens is 164 g/mol. The molecule has 1 aromatic carbocycles. The molecule has 2 nitrogen and oxygen atoms in total. The van der Waals surface area contributed by atoms with Gasteiger partial charge in [-0.2, -0.15) is 0 Å². The Labute approximate surface area is 77.5 Å². The molecule has 0 radical (unpaired) electrons. The first-order valence-corrected chi connectivity index (χ1v) is 4.85. The molecule has 0 atom stereocenters. The summed E-state index contributed by atoms with van der Waals surface area (Å²) < 4.78 is 11.1. The molecule has 0 aliphatic carbocycles. The fourth-order valence-corrected chi connectivity index (χ4v) is 2.03. The molecule has 2 heterocycles. The maximum absolute atomic E-state index is 5.57. The summed E-state index contributed by atoms with van der Waals surface area (Å²) in [6, 6.07) is 4.30. The van der Waals surface area contributed by atoms with Crippen LogP contribution in [-0.2, 0) is 12.8 Å². The second-order valence-electron chi connectivity index (χ2n) is 3.62. The van der Waals surface area contributed by atoms with Crippen LogP contribution in [0.25, 0.3) is 0 Å². The summed E-state index contributed by atoms with van der Waals surface area (Å²) in [7, 11) is 0. The molecule has 0 aromatic heterocycles. The lowest BCUT2D eigenvalue weighted by Gasteiger charge is -2.17. The molecule has 68 valence electrons. The summed E-state index contributed by atoms with van der Waals surface area (Å²) in [5.74, 6) is 2.06. The van der Waals surface area contributed by atoms with Crippen molar-refractivity contribution in [3.05, 3.63) is 23.3 Å². The lowest BCUT2D eigenvalue weighted by molar-refractivity contribution is 0.285. The lowest BCUT2D eigenvalue weighted by Crippen LogP contribution is -2.08. The Morgan fingerprint density at radius 2 is 1.62 bits per heavy atom. The zero-order valence-corrected chi connectivity index (χ0v) is 7.51. The van der Waals surface area contributed by atoms with Crippen molar-refractivity contribution in [2.45, 2.75) is 19.3 Å². The van der Waals surface area contributed by atoms with Crippen LogP contribution in [0.5, 0.6) is 11.5 Å². The topological polar surface area (TPSA) is 18.5 Å². The number of rotatable bonds is 0. The van der Waals surface area contributed by atoms with Crippen LogP contribution in [-0.4, -0.2) is 13.2 Å². The predicted octanol–water partition coefficient (Wildman–Crippen LogP) is 1.95. The van der Waals surface area contributed by atoms with E-state index in [1.807, 2.05) is 0 Å². The molecule has 2 heteroatoms. The summed E-state index contributed by atoms with van der Waals surface area (Å²) in [5.41, 5.74) is 2.71. The first-order valence-electron chi connectivity index (χ1n) is 4.85. The number of hydrogen-bond acceptors (Lipinski definition) is 2. The van der Waals surface area contributed by atoms with Crippen molar-refractivity contribution in [3.63, 3.8) is 0 Å². The zero-order valence-electron chi connectivity index (χ0n) is 7.51. The van der Waals surface area contributed by atoms with Crippen LogP contribution in [0.2, 0.25) is 0 Å². The first-order chi connectivity index (χ1) is 6.43. The van der Waals surface area contributed by atoms with Crippen LogP contribution in [0.15, 0.2) is 12.1 Å². The third kappa shape index (κ3) is 1.09. The minimum atomic E-state index is 0.832. The van der Waals surface area contributed by atoms with Gasteiger partial charge < -0.3 is 9.47 Å². The smallest absolute Gasteiger partial charge is 0.126 e. The van der Waals surface area contributed by atoms with Gasteiger partial charge in [-0.25, -0.2) is 0 Å². The van der Waals surface area contributed by atoms with Crippen LogP contribution < -0.4 is 9.47 Å². The van der Waals surface area contributed by atoms with Gasteiger partial charge in [-0.05, 0) is 30.0 Å². The zero-order chi connectivity index (χ0) is 8.67. The third-order valence-electron chi connectivity index (χ3n) is 2.72. The van der Waals surface area contributed by atoms with E-state index in [1.165, 1.54) is 11.1 Å². The molecular formula is C11H12O2. The second kappa shape index (κ2) is 2.66. The summed E-state index contributed by atoms with van der Waals surface area (Å²) in [6.45, 7) is 1.68. The monoisotopic (exact) mass is 176 g/mol. The molecule has 13 heavy (non-hydrogen) atoms. The van der Waals surface area contributed by atoms with Gasteiger partial charge in [0.1, 0.15) is 11.5 Å². The molecule has 2 aliphatic rings. The van der Waals surface area contributed by atoms with E-state index in [-0.39, 0.29) is 0 Å². The molecule has 0 N–H and O–H groups in total. The fourth-order valence-electron chi connectivity index (χ4n) is 2.03. The average molecular weight is 176 g/mol. The van der Waals surface area contributed by atoms with Gasteiger partial charge >= 0.3 is 0 Å². The number of aryl methyl sites for hydroxylation is 1. The van der Waals surface area contributed by atoms with Gasteiger partial charge in [-0.1, -0.05) is 0 Å². The van der Waals surface area contributed by atoms with E-state index < -0.39 is 0 Å². The molecule has 0 amide bonds. The van der Waals surface area contributed by atoms with Crippen molar-refractivity contribution in [2.75, 3.05) is 13.2 Å². The van der Waals surface area contributed by atoms with E-state index in [0.29, 0.717) is 0 Å². The molecule has 2 aliphatic heterocycles. The molecule has 0 unspecified atom stereocenters. The lowest BCUT2D eigenvalue weighted by atomic mass is 10.0. The number of ether oxygens (including phenoxy) is 2. The van der Waals surface area contributed by atoms with E-state index in [1.54, 1.807) is 0 Å². The van der Waals surface area contributed by atoms with Crippen LogP contribution in [0.4, 0.5) is 0 Å². The van der Waals surface area contributed by atoms with E-state index in [2.05, 4.69) is 12.1 Å². The molecule has 3 rings (SSSR count). The van der Waals surface area contributed by atoms with Crippen molar-refractivity contribution in [2.24, 2.45) is 0 Å². The van der Waals surface area contributed by atoms with Crippen molar-refractivity contribution >= 4 is 0 Å². The van der Waals surface area contributed by atoms with Gasteiger partial charge in [-0.3, -0.25) is 0 Å². The van der Waals surface area contributed by atoms with Crippen LogP contribution in [0, 0.1) is 0 Å². The largest absolute Gasteiger partial charge is 0.493 e. The highest BCUT2D eigenvalue weighted by Crippen LogP contribution is 2.35. The Kier molecular flexibility index (Phi) is 1.48. The maximum atomic E-state index is 5.57. The molecule has 1 aromatic rings. The SMILES string of the molecule is c1c2c(cc3c1CCO3)OCCC2. The van der Waals surface area contributed by atoms with E-state index in [0.717, 1.165) is 44.0 Å². The van der Waals surface area contributed by atoms with E-state index >= 15 is 0 Å². The highest BCUT2D eigenvalue weighted by atomic mass is 16.5. The molecule has 0 saturated carbocycles.